The van der Waals surface area contributed by atoms with Gasteiger partial charge in [0.15, 0.2) is 0 Å². The average Bonchev–Trinajstić information content (AvgIpc) is 3.47. The van der Waals surface area contributed by atoms with Crippen LogP contribution in [-0.2, 0) is 14.3 Å². The van der Waals surface area contributed by atoms with Crippen LogP contribution in [0.2, 0.25) is 0 Å². The van der Waals surface area contributed by atoms with Gasteiger partial charge < -0.3 is 19.5 Å². The zero-order chi connectivity index (χ0) is 19.8. The van der Waals surface area contributed by atoms with Gasteiger partial charge in [0.1, 0.15) is 5.82 Å². The lowest BCUT2D eigenvalue weighted by atomic mass is 9.74. The molecule has 0 radical (unpaired) electrons. The first kappa shape index (κ1) is 18.9. The highest BCUT2D eigenvalue weighted by molar-refractivity contribution is 5.94. The van der Waals surface area contributed by atoms with Crippen molar-refractivity contribution in [2.24, 2.45) is 0 Å². The lowest BCUT2D eigenvalue weighted by molar-refractivity contribution is -0.171. The minimum Gasteiger partial charge on any atom is -0.373 e. The van der Waals surface area contributed by atoms with Crippen LogP contribution in [0, 0.1) is 0 Å². The monoisotopic (exact) mass is 398 g/mol. The Morgan fingerprint density at radius 3 is 2.86 bits per heavy atom. The van der Waals surface area contributed by atoms with Gasteiger partial charge in [0.05, 0.1) is 30.7 Å². The molecular weight excluding hydrogens is 368 g/mol. The molecule has 4 aliphatic rings. The Hall–Kier alpha value is -2.15. The van der Waals surface area contributed by atoms with Gasteiger partial charge in [-0.2, -0.15) is 0 Å². The summed E-state index contributed by atoms with van der Waals surface area (Å²) in [7, 11) is 0. The number of nitrogens with zero attached hydrogens (tertiary/aromatic N) is 3. The van der Waals surface area contributed by atoms with Gasteiger partial charge in [-0.3, -0.25) is 9.59 Å². The molecule has 1 saturated carbocycles. The maximum absolute atomic E-state index is 13.2. The minimum absolute atomic E-state index is 0.0282. The highest BCUT2D eigenvalue weighted by Gasteiger charge is 2.50. The standard InChI is InChI=1S/C22H30N4O3/c27-19(25-12-3-7-18(25)20-23-10-11-24-20)13-17-14-26(21(28)16-5-1-2-6-16)22(15-29-17)8-4-9-22/h5,10-11,17-18H,1-4,6-9,12-15H2,(H,23,24). The van der Waals surface area contributed by atoms with Crippen LogP contribution in [0.3, 0.4) is 0 Å². The van der Waals surface area contributed by atoms with Gasteiger partial charge in [0.2, 0.25) is 11.8 Å². The fourth-order valence-corrected chi connectivity index (χ4v) is 5.38. The van der Waals surface area contributed by atoms with Gasteiger partial charge in [0.25, 0.3) is 0 Å². The second-order valence-electron chi connectivity index (χ2n) is 8.97. The zero-order valence-electron chi connectivity index (χ0n) is 16.9. The Balaban J connectivity index is 1.27. The van der Waals surface area contributed by atoms with E-state index >= 15 is 0 Å². The third-order valence-electron chi connectivity index (χ3n) is 7.20. The third kappa shape index (κ3) is 3.39. The number of rotatable bonds is 4. The second-order valence-corrected chi connectivity index (χ2v) is 8.97. The molecule has 0 aromatic carbocycles. The first-order valence-corrected chi connectivity index (χ1v) is 11.1. The number of H-pyrrole nitrogens is 1. The van der Waals surface area contributed by atoms with Crippen LogP contribution in [0.25, 0.3) is 0 Å². The number of morpholine rings is 1. The van der Waals surface area contributed by atoms with E-state index < -0.39 is 0 Å². The Morgan fingerprint density at radius 2 is 2.17 bits per heavy atom. The van der Waals surface area contributed by atoms with Crippen molar-refractivity contribution in [3.05, 3.63) is 29.9 Å². The lowest BCUT2D eigenvalue weighted by Crippen LogP contribution is -2.65. The van der Waals surface area contributed by atoms with Crippen LogP contribution in [0.15, 0.2) is 24.0 Å². The van der Waals surface area contributed by atoms with E-state index in [1.807, 2.05) is 4.90 Å². The summed E-state index contributed by atoms with van der Waals surface area (Å²) in [6, 6.07) is 0.0282. The fourth-order valence-electron chi connectivity index (χ4n) is 5.38. The molecule has 2 amide bonds. The number of likely N-dealkylation sites (tertiary alicyclic amines) is 1. The van der Waals surface area contributed by atoms with Gasteiger partial charge >= 0.3 is 0 Å². The third-order valence-corrected chi connectivity index (χ3v) is 7.20. The van der Waals surface area contributed by atoms with Crippen molar-refractivity contribution in [1.82, 2.24) is 19.8 Å². The molecule has 3 heterocycles. The highest BCUT2D eigenvalue weighted by atomic mass is 16.5. The van der Waals surface area contributed by atoms with E-state index in [2.05, 4.69) is 20.9 Å². The molecule has 156 valence electrons. The number of aromatic amines is 1. The Kier molecular flexibility index (Phi) is 4.94. The molecular formula is C22H30N4O3. The van der Waals surface area contributed by atoms with Gasteiger partial charge in [-0.25, -0.2) is 4.98 Å². The predicted molar refractivity (Wildman–Crippen MR) is 107 cm³/mol. The molecule has 2 atom stereocenters. The number of hydrogen-bond donors (Lipinski definition) is 1. The molecule has 29 heavy (non-hydrogen) atoms. The lowest BCUT2D eigenvalue weighted by Gasteiger charge is -2.54. The summed E-state index contributed by atoms with van der Waals surface area (Å²) in [4.78, 5) is 37.8. The van der Waals surface area contributed by atoms with Crippen molar-refractivity contribution in [3.8, 4) is 0 Å². The van der Waals surface area contributed by atoms with E-state index in [9.17, 15) is 9.59 Å². The maximum Gasteiger partial charge on any atom is 0.250 e. The summed E-state index contributed by atoms with van der Waals surface area (Å²) in [5.41, 5.74) is 0.824. The van der Waals surface area contributed by atoms with E-state index in [1.54, 1.807) is 12.4 Å². The predicted octanol–water partition coefficient (Wildman–Crippen LogP) is 2.72. The first-order valence-electron chi connectivity index (χ1n) is 11.1. The summed E-state index contributed by atoms with van der Waals surface area (Å²) in [5.74, 6) is 1.14. The molecule has 5 rings (SSSR count). The number of aromatic nitrogens is 2. The molecule has 1 aromatic heterocycles. The van der Waals surface area contributed by atoms with Crippen LogP contribution in [-0.4, -0.2) is 62.9 Å². The molecule has 2 saturated heterocycles. The number of amides is 2. The number of carbonyl (C=O) groups is 2. The van der Waals surface area contributed by atoms with Crippen molar-refractivity contribution in [3.63, 3.8) is 0 Å². The SMILES string of the molecule is O=C(CC1CN(C(=O)C2=CCCC2)C2(CCC2)CO1)N1CCCC1c1ncc[nH]1. The quantitative estimate of drug-likeness (QED) is 0.846. The molecule has 1 aromatic rings. The van der Waals surface area contributed by atoms with Gasteiger partial charge in [-0.05, 0) is 51.4 Å². The van der Waals surface area contributed by atoms with Gasteiger partial charge in [-0.15, -0.1) is 0 Å². The normalized spacial score (nSPS) is 28.5. The number of allylic oxidation sites excluding steroid dienone is 1. The van der Waals surface area contributed by atoms with Crippen LogP contribution < -0.4 is 0 Å². The van der Waals surface area contributed by atoms with Crippen molar-refractivity contribution < 1.29 is 14.3 Å². The van der Waals surface area contributed by atoms with Crippen molar-refractivity contribution in [2.75, 3.05) is 19.7 Å². The Morgan fingerprint density at radius 1 is 1.28 bits per heavy atom. The van der Waals surface area contributed by atoms with E-state index in [1.165, 1.54) is 0 Å². The molecule has 2 aliphatic carbocycles. The number of hydrogen-bond acceptors (Lipinski definition) is 4. The molecule has 1 spiro atoms. The fraction of sp³-hybridized carbons (Fsp3) is 0.682. The first-order chi connectivity index (χ1) is 14.2. The van der Waals surface area contributed by atoms with Crippen LogP contribution in [0.1, 0.15) is 69.7 Å². The topological polar surface area (TPSA) is 78.5 Å². The van der Waals surface area contributed by atoms with E-state index in [0.717, 1.165) is 69.3 Å². The molecule has 0 bridgehead atoms. The molecule has 1 N–H and O–H groups in total. The van der Waals surface area contributed by atoms with Crippen LogP contribution in [0.5, 0.6) is 0 Å². The zero-order valence-corrected chi connectivity index (χ0v) is 16.9. The van der Waals surface area contributed by atoms with E-state index in [-0.39, 0.29) is 29.5 Å². The smallest absolute Gasteiger partial charge is 0.250 e. The van der Waals surface area contributed by atoms with Crippen molar-refractivity contribution >= 4 is 11.8 Å². The number of ether oxygens (including phenoxy) is 1. The van der Waals surface area contributed by atoms with Gasteiger partial charge in [0, 0.05) is 31.1 Å². The molecule has 2 aliphatic heterocycles. The Bertz CT molecular complexity index is 799. The van der Waals surface area contributed by atoms with E-state index in [0.29, 0.717) is 19.6 Å². The maximum atomic E-state index is 13.2. The van der Waals surface area contributed by atoms with Crippen LogP contribution >= 0.6 is 0 Å². The highest BCUT2D eigenvalue weighted by Crippen LogP contribution is 2.42. The molecule has 2 unspecified atom stereocenters. The number of nitrogens with one attached hydrogen (secondary N) is 1. The summed E-state index contributed by atoms with van der Waals surface area (Å²) in [6.45, 7) is 1.85. The van der Waals surface area contributed by atoms with Crippen LogP contribution in [0.4, 0.5) is 0 Å². The molecule has 3 fully saturated rings. The summed E-state index contributed by atoms with van der Waals surface area (Å²) >= 11 is 0. The minimum atomic E-state index is -0.225. The number of imidazole rings is 1. The summed E-state index contributed by atoms with van der Waals surface area (Å²) < 4.78 is 6.15. The Labute approximate surface area is 171 Å². The van der Waals surface area contributed by atoms with E-state index in [4.69, 9.17) is 4.74 Å². The van der Waals surface area contributed by atoms with Gasteiger partial charge in [-0.1, -0.05) is 6.08 Å². The second kappa shape index (κ2) is 7.59. The van der Waals surface area contributed by atoms with Crippen molar-refractivity contribution in [2.45, 2.75) is 75.5 Å². The molecule has 7 heteroatoms. The summed E-state index contributed by atoms with van der Waals surface area (Å²) in [5, 5.41) is 0. The number of carbonyl (C=O) groups excluding carboxylic acids is 2. The van der Waals surface area contributed by atoms with Crippen molar-refractivity contribution in [1.29, 1.82) is 0 Å². The average molecular weight is 399 g/mol. The summed E-state index contributed by atoms with van der Waals surface area (Å²) in [6.07, 6.45) is 13.8. The largest absolute Gasteiger partial charge is 0.373 e. The molecule has 7 nitrogen and oxygen atoms in total.